The molecule has 5 heteroatoms. The molecule has 1 aromatic heterocycles. The van der Waals surface area contributed by atoms with E-state index in [1.807, 2.05) is 24.4 Å². The van der Waals surface area contributed by atoms with Crippen LogP contribution in [0.5, 0.6) is 0 Å². The van der Waals surface area contributed by atoms with Crippen molar-refractivity contribution < 1.29 is 9.90 Å². The molecule has 3 aliphatic carbocycles. The lowest BCUT2D eigenvalue weighted by molar-refractivity contribution is -0.0571. The zero-order chi connectivity index (χ0) is 13.8. The lowest BCUT2D eigenvalue weighted by Crippen LogP contribution is -2.81. The minimum atomic E-state index is -0.922. The molecule has 5 nitrogen and oxygen atoms in total. The maximum atomic E-state index is 10.7. The van der Waals surface area contributed by atoms with Crippen molar-refractivity contribution in [3.05, 3.63) is 36.7 Å². The molecule has 3 N–H and O–H groups in total. The average Bonchev–Trinajstić information content (AvgIpc) is 2.34. The van der Waals surface area contributed by atoms with Gasteiger partial charge in [0.2, 0.25) is 0 Å². The fraction of sp³-hybridized carbons (Fsp3) is 0.333. The van der Waals surface area contributed by atoms with Crippen LogP contribution in [0.15, 0.2) is 36.7 Å². The number of carboxylic acid groups (broad SMARTS) is 1. The number of benzene rings is 1. The van der Waals surface area contributed by atoms with Crippen LogP contribution < -0.4 is 10.6 Å². The predicted octanol–water partition coefficient (Wildman–Crippen LogP) is 2.59. The normalized spacial score (nSPS) is 30.2. The highest BCUT2D eigenvalue weighted by Gasteiger charge is 2.69. The van der Waals surface area contributed by atoms with Crippen molar-refractivity contribution in [1.82, 2.24) is 10.3 Å². The largest absolute Gasteiger partial charge is 0.465 e. The Morgan fingerprint density at radius 2 is 2.00 bits per heavy atom. The molecule has 3 aliphatic rings. The van der Waals surface area contributed by atoms with Crippen LogP contribution in [0.25, 0.3) is 10.8 Å². The Morgan fingerprint density at radius 3 is 2.75 bits per heavy atom. The molecule has 3 saturated carbocycles. The monoisotopic (exact) mass is 269 g/mol. The second-order valence-corrected chi connectivity index (χ2v) is 6.05. The van der Waals surface area contributed by atoms with E-state index in [0.717, 1.165) is 35.7 Å². The lowest BCUT2D eigenvalue weighted by atomic mass is 9.44. The SMILES string of the molecule is O=C(O)NC12CC(Nc3cccc4cnccc34)(C1)C2. The Hall–Kier alpha value is -2.30. The van der Waals surface area contributed by atoms with Gasteiger partial charge in [-0.25, -0.2) is 4.79 Å². The van der Waals surface area contributed by atoms with Gasteiger partial charge in [-0.2, -0.15) is 0 Å². The van der Waals surface area contributed by atoms with Crippen molar-refractivity contribution in [2.45, 2.75) is 30.3 Å². The van der Waals surface area contributed by atoms with Gasteiger partial charge in [0, 0.05) is 34.4 Å². The summed E-state index contributed by atoms with van der Waals surface area (Å²) in [5.74, 6) is 0. The summed E-state index contributed by atoms with van der Waals surface area (Å²) in [5, 5.41) is 17.3. The molecule has 2 aromatic rings. The first-order chi connectivity index (χ1) is 9.60. The molecule has 1 aromatic carbocycles. The summed E-state index contributed by atoms with van der Waals surface area (Å²) < 4.78 is 0. The molecule has 1 heterocycles. The highest BCUT2D eigenvalue weighted by Crippen LogP contribution is 2.62. The Bertz CT molecular complexity index is 688. The average molecular weight is 269 g/mol. The number of nitrogens with zero attached hydrogens (tertiary/aromatic N) is 1. The van der Waals surface area contributed by atoms with Crippen molar-refractivity contribution in [1.29, 1.82) is 0 Å². The fourth-order valence-corrected chi connectivity index (χ4v) is 3.80. The Morgan fingerprint density at radius 1 is 1.20 bits per heavy atom. The van der Waals surface area contributed by atoms with Crippen LogP contribution in [-0.4, -0.2) is 27.3 Å². The van der Waals surface area contributed by atoms with Crippen LogP contribution in [0.3, 0.4) is 0 Å². The van der Waals surface area contributed by atoms with Gasteiger partial charge in [0.15, 0.2) is 0 Å². The van der Waals surface area contributed by atoms with Crippen LogP contribution in [0.1, 0.15) is 19.3 Å². The van der Waals surface area contributed by atoms with E-state index < -0.39 is 6.09 Å². The van der Waals surface area contributed by atoms with Crippen molar-refractivity contribution in [3.8, 4) is 0 Å². The van der Waals surface area contributed by atoms with Crippen LogP contribution in [-0.2, 0) is 0 Å². The van der Waals surface area contributed by atoms with E-state index in [1.54, 1.807) is 6.20 Å². The van der Waals surface area contributed by atoms with Crippen molar-refractivity contribution in [2.24, 2.45) is 0 Å². The second kappa shape index (κ2) is 3.62. The van der Waals surface area contributed by atoms with Crippen molar-refractivity contribution in [3.63, 3.8) is 0 Å². The summed E-state index contributed by atoms with van der Waals surface area (Å²) in [7, 11) is 0. The maximum Gasteiger partial charge on any atom is 0.405 e. The Kier molecular flexibility index (Phi) is 2.09. The maximum absolute atomic E-state index is 10.7. The molecule has 0 aliphatic heterocycles. The summed E-state index contributed by atoms with van der Waals surface area (Å²) in [6.07, 6.45) is 5.34. The number of fused-ring (bicyclic) bond motifs is 1. The molecule has 5 rings (SSSR count). The third-order valence-corrected chi connectivity index (χ3v) is 4.48. The quantitative estimate of drug-likeness (QED) is 0.800. The van der Waals surface area contributed by atoms with Crippen LogP contribution >= 0.6 is 0 Å². The highest BCUT2D eigenvalue weighted by atomic mass is 16.4. The molecule has 0 atom stereocenters. The van der Waals surface area contributed by atoms with Crippen LogP contribution in [0.4, 0.5) is 10.5 Å². The Labute approximate surface area is 116 Å². The van der Waals surface area contributed by atoms with Gasteiger partial charge in [-0.05, 0) is 31.4 Å². The summed E-state index contributed by atoms with van der Waals surface area (Å²) in [4.78, 5) is 14.9. The van der Waals surface area contributed by atoms with Gasteiger partial charge in [0.1, 0.15) is 0 Å². The number of anilines is 1. The summed E-state index contributed by atoms with van der Waals surface area (Å²) in [6, 6.07) is 8.14. The van der Waals surface area contributed by atoms with Gasteiger partial charge >= 0.3 is 6.09 Å². The molecule has 20 heavy (non-hydrogen) atoms. The van der Waals surface area contributed by atoms with Gasteiger partial charge in [-0.1, -0.05) is 12.1 Å². The second-order valence-electron chi connectivity index (χ2n) is 6.05. The minimum absolute atomic E-state index is 0.0694. The fourth-order valence-electron chi connectivity index (χ4n) is 3.80. The van der Waals surface area contributed by atoms with E-state index in [-0.39, 0.29) is 11.1 Å². The molecule has 0 saturated heterocycles. The number of hydrogen-bond acceptors (Lipinski definition) is 3. The van der Waals surface area contributed by atoms with Crippen molar-refractivity contribution >= 4 is 22.6 Å². The topological polar surface area (TPSA) is 74.2 Å². The molecule has 0 spiro atoms. The van der Waals surface area contributed by atoms with Gasteiger partial charge in [-0.15, -0.1) is 0 Å². The molecule has 3 fully saturated rings. The van der Waals surface area contributed by atoms with Crippen molar-refractivity contribution in [2.75, 3.05) is 5.32 Å². The van der Waals surface area contributed by atoms with E-state index in [9.17, 15) is 4.79 Å². The van der Waals surface area contributed by atoms with Gasteiger partial charge in [-0.3, -0.25) is 4.98 Å². The summed E-state index contributed by atoms with van der Waals surface area (Å²) in [6.45, 7) is 0. The minimum Gasteiger partial charge on any atom is -0.465 e. The van der Waals surface area contributed by atoms with Crippen LogP contribution in [0, 0.1) is 0 Å². The molecule has 0 unspecified atom stereocenters. The van der Waals surface area contributed by atoms with Gasteiger partial charge < -0.3 is 15.7 Å². The molecule has 0 radical (unpaired) electrons. The number of hydrogen-bond donors (Lipinski definition) is 3. The molecular weight excluding hydrogens is 254 g/mol. The smallest absolute Gasteiger partial charge is 0.405 e. The van der Waals surface area contributed by atoms with E-state index >= 15 is 0 Å². The first kappa shape index (κ1) is 11.5. The van der Waals surface area contributed by atoms with E-state index in [4.69, 9.17) is 5.11 Å². The number of pyridine rings is 1. The summed E-state index contributed by atoms with van der Waals surface area (Å²) >= 11 is 0. The molecular formula is C15H15N3O2. The molecule has 1 amide bonds. The third kappa shape index (κ3) is 1.56. The Balaban J connectivity index is 1.55. The first-order valence-electron chi connectivity index (χ1n) is 6.72. The van der Waals surface area contributed by atoms with E-state index in [2.05, 4.69) is 21.7 Å². The summed E-state index contributed by atoms with van der Waals surface area (Å²) in [5.41, 5.74) is 0.999. The zero-order valence-electron chi connectivity index (χ0n) is 10.9. The third-order valence-electron chi connectivity index (χ3n) is 4.48. The predicted molar refractivity (Wildman–Crippen MR) is 75.8 cm³/mol. The molecule has 102 valence electrons. The first-order valence-corrected chi connectivity index (χ1v) is 6.72. The number of carbonyl (C=O) groups is 1. The van der Waals surface area contributed by atoms with E-state index in [1.165, 1.54) is 0 Å². The number of aromatic nitrogens is 1. The van der Waals surface area contributed by atoms with Crippen LogP contribution in [0.2, 0.25) is 0 Å². The highest BCUT2D eigenvalue weighted by molar-refractivity contribution is 5.93. The van der Waals surface area contributed by atoms with Gasteiger partial charge in [0.05, 0.1) is 5.54 Å². The van der Waals surface area contributed by atoms with Gasteiger partial charge in [0.25, 0.3) is 0 Å². The standard InChI is InChI=1S/C15H15N3O2/c19-13(20)18-15-7-14(8-15,9-15)17-12-3-1-2-10-6-16-5-4-11(10)12/h1-6,17-18H,7-9H2,(H,19,20). The number of rotatable bonds is 3. The molecule has 2 bridgehead atoms. The number of nitrogens with one attached hydrogen (secondary N) is 2. The van der Waals surface area contributed by atoms with E-state index in [0.29, 0.717) is 0 Å². The lowest BCUT2D eigenvalue weighted by Gasteiger charge is -2.70. The zero-order valence-corrected chi connectivity index (χ0v) is 10.9. The number of amides is 1.